The first-order valence-corrected chi connectivity index (χ1v) is 8.81. The summed E-state index contributed by atoms with van der Waals surface area (Å²) >= 11 is 1.68. The summed E-state index contributed by atoms with van der Waals surface area (Å²) in [4.78, 5) is 14.4. The fourth-order valence-corrected chi connectivity index (χ4v) is 2.70. The largest absolute Gasteiger partial charge is 0.394 e. The first kappa shape index (κ1) is 22.5. The zero-order chi connectivity index (χ0) is 16.8. The van der Waals surface area contributed by atoms with Crippen molar-refractivity contribution in [2.75, 3.05) is 37.9 Å². The fourth-order valence-electron chi connectivity index (χ4n) is 2.26. The van der Waals surface area contributed by atoms with E-state index in [4.69, 9.17) is 9.84 Å². The highest BCUT2D eigenvalue weighted by Gasteiger charge is 2.10. The number of anilines is 1. The molecule has 0 atom stereocenters. The number of hydrogen-bond acceptors (Lipinski definition) is 7. The van der Waals surface area contributed by atoms with Crippen LogP contribution in [-0.4, -0.2) is 57.2 Å². The van der Waals surface area contributed by atoms with Crippen LogP contribution in [0, 0.1) is 0 Å². The van der Waals surface area contributed by atoms with Gasteiger partial charge in [-0.25, -0.2) is 9.97 Å². The van der Waals surface area contributed by atoms with E-state index in [1.54, 1.807) is 28.9 Å². The van der Waals surface area contributed by atoms with Gasteiger partial charge in [0.1, 0.15) is 12.1 Å². The van der Waals surface area contributed by atoms with E-state index in [1.165, 1.54) is 0 Å². The second-order valence-corrected chi connectivity index (χ2v) is 5.87. The maximum atomic E-state index is 8.75. The lowest BCUT2D eigenvalue weighted by molar-refractivity contribution is 0.0992. The second-order valence-electron chi connectivity index (χ2n) is 4.99. The van der Waals surface area contributed by atoms with Crippen LogP contribution in [0.1, 0.15) is 0 Å². The van der Waals surface area contributed by atoms with Crippen LogP contribution in [0.4, 0.5) is 5.82 Å². The lowest BCUT2D eigenvalue weighted by Crippen LogP contribution is -2.13. The summed E-state index contributed by atoms with van der Waals surface area (Å²) in [5.74, 6) is 1.32. The van der Waals surface area contributed by atoms with Gasteiger partial charge in [-0.15, -0.1) is 36.6 Å². The molecular formula is C16H21Cl2N5O2S. The number of fused-ring (bicyclic) bond motifs is 1. The highest BCUT2D eigenvalue weighted by Crippen LogP contribution is 2.26. The third kappa shape index (κ3) is 5.46. The number of rotatable bonds is 8. The topological polar surface area (TPSA) is 85.1 Å². The van der Waals surface area contributed by atoms with Crippen LogP contribution in [-0.2, 0) is 4.74 Å². The number of benzene rings is 1. The number of hydrogen-bond donors (Lipinski definition) is 2. The number of aromatic nitrogens is 4. The Morgan fingerprint density at radius 3 is 2.77 bits per heavy atom. The molecule has 3 aromatic rings. The van der Waals surface area contributed by atoms with Crippen molar-refractivity contribution in [3.05, 3.63) is 36.9 Å². The van der Waals surface area contributed by atoms with Crippen LogP contribution in [0.2, 0.25) is 0 Å². The van der Waals surface area contributed by atoms with E-state index in [1.807, 2.05) is 24.6 Å². The van der Waals surface area contributed by atoms with E-state index < -0.39 is 0 Å². The molecule has 142 valence electrons. The van der Waals surface area contributed by atoms with E-state index in [-0.39, 0.29) is 31.4 Å². The van der Waals surface area contributed by atoms with Gasteiger partial charge in [-0.2, -0.15) is 4.98 Å². The van der Waals surface area contributed by atoms with Gasteiger partial charge in [0.25, 0.3) is 0 Å². The Hall–Kier alpha value is -1.58. The lowest BCUT2D eigenvalue weighted by atomic mass is 10.2. The van der Waals surface area contributed by atoms with Gasteiger partial charge in [-0.1, -0.05) is 0 Å². The average Bonchev–Trinajstić information content (AvgIpc) is 3.15. The summed E-state index contributed by atoms with van der Waals surface area (Å²) in [5, 5.41) is 13.0. The van der Waals surface area contributed by atoms with Crippen molar-refractivity contribution in [2.24, 2.45) is 0 Å². The molecule has 26 heavy (non-hydrogen) atoms. The van der Waals surface area contributed by atoms with Crippen molar-refractivity contribution in [3.63, 3.8) is 0 Å². The molecule has 3 rings (SSSR count). The normalized spacial score (nSPS) is 10.2. The van der Waals surface area contributed by atoms with Crippen LogP contribution < -0.4 is 5.32 Å². The van der Waals surface area contributed by atoms with Crippen molar-refractivity contribution in [2.45, 2.75) is 4.90 Å². The van der Waals surface area contributed by atoms with Gasteiger partial charge in [0.2, 0.25) is 5.95 Å². The van der Waals surface area contributed by atoms with E-state index >= 15 is 0 Å². The number of imidazole rings is 1. The predicted octanol–water partition coefficient (Wildman–Crippen LogP) is 2.80. The highest BCUT2D eigenvalue weighted by atomic mass is 35.5. The quantitative estimate of drug-likeness (QED) is 0.430. The molecule has 2 heterocycles. The molecular weight excluding hydrogens is 397 g/mol. The van der Waals surface area contributed by atoms with Crippen molar-refractivity contribution >= 4 is 53.3 Å². The molecule has 2 N–H and O–H groups in total. The van der Waals surface area contributed by atoms with Gasteiger partial charge >= 0.3 is 0 Å². The summed E-state index contributed by atoms with van der Waals surface area (Å²) in [5.41, 5.74) is 0.866. The minimum atomic E-state index is 0. The molecule has 0 aliphatic carbocycles. The minimum Gasteiger partial charge on any atom is -0.394 e. The Bertz CT molecular complexity index is 805. The van der Waals surface area contributed by atoms with Gasteiger partial charge < -0.3 is 15.2 Å². The van der Waals surface area contributed by atoms with Crippen molar-refractivity contribution in [1.29, 1.82) is 0 Å². The predicted molar refractivity (Wildman–Crippen MR) is 109 cm³/mol. The summed E-state index contributed by atoms with van der Waals surface area (Å²) in [7, 11) is 0. The van der Waals surface area contributed by atoms with Crippen LogP contribution in [0.15, 0.2) is 41.8 Å². The van der Waals surface area contributed by atoms with Gasteiger partial charge in [0.15, 0.2) is 0 Å². The molecule has 10 heteroatoms. The van der Waals surface area contributed by atoms with E-state index in [9.17, 15) is 0 Å². The second kappa shape index (κ2) is 11.2. The number of aliphatic hydroxyl groups is 1. The van der Waals surface area contributed by atoms with Gasteiger partial charge in [0, 0.05) is 29.2 Å². The van der Waals surface area contributed by atoms with Crippen LogP contribution in [0.3, 0.4) is 0 Å². The smallest absolute Gasteiger partial charge is 0.237 e. The van der Waals surface area contributed by atoms with Crippen molar-refractivity contribution < 1.29 is 9.84 Å². The molecule has 0 amide bonds. The zero-order valence-corrected chi connectivity index (χ0v) is 16.6. The molecule has 0 saturated carbocycles. The van der Waals surface area contributed by atoms with Gasteiger partial charge in [0.05, 0.1) is 25.3 Å². The van der Waals surface area contributed by atoms with Crippen LogP contribution in [0.25, 0.3) is 16.9 Å². The molecule has 0 fully saturated rings. The Kier molecular flexibility index (Phi) is 9.68. The molecule has 0 aliphatic heterocycles. The lowest BCUT2D eigenvalue weighted by Gasteiger charge is -2.12. The molecule has 7 nitrogen and oxygen atoms in total. The van der Waals surface area contributed by atoms with Gasteiger partial charge in [-0.3, -0.25) is 4.57 Å². The summed E-state index contributed by atoms with van der Waals surface area (Å²) in [6.07, 6.45) is 7.22. The third-order valence-electron chi connectivity index (χ3n) is 3.40. The highest BCUT2D eigenvalue weighted by molar-refractivity contribution is 7.98. The first-order valence-electron chi connectivity index (χ1n) is 7.58. The molecule has 0 saturated heterocycles. The van der Waals surface area contributed by atoms with Crippen LogP contribution >= 0.6 is 36.6 Å². The molecule has 0 aliphatic rings. The molecule has 0 bridgehead atoms. The van der Waals surface area contributed by atoms with Crippen molar-refractivity contribution in [1.82, 2.24) is 19.5 Å². The maximum Gasteiger partial charge on any atom is 0.237 e. The van der Waals surface area contributed by atoms with Crippen LogP contribution in [0.5, 0.6) is 0 Å². The molecule has 2 aromatic heterocycles. The van der Waals surface area contributed by atoms with E-state index in [0.717, 1.165) is 21.6 Å². The summed E-state index contributed by atoms with van der Waals surface area (Å²) < 4.78 is 7.06. The number of nitrogens with zero attached hydrogens (tertiary/aromatic N) is 4. The SMILES string of the molecule is CSc1ccc2nc(-n3ccnc3)nc(NCCOCCO)c2c1.Cl.Cl. The molecule has 0 unspecified atom stereocenters. The number of ether oxygens (including phenoxy) is 1. The monoisotopic (exact) mass is 417 g/mol. The Labute approximate surface area is 168 Å². The number of nitrogens with one attached hydrogen (secondary N) is 1. The number of halogens is 2. The Balaban J connectivity index is 0.00000169. The summed E-state index contributed by atoms with van der Waals surface area (Å²) in [6, 6.07) is 6.12. The van der Waals surface area contributed by atoms with E-state index in [2.05, 4.69) is 26.3 Å². The maximum absolute atomic E-state index is 8.75. The third-order valence-corrected chi connectivity index (χ3v) is 4.13. The number of aliphatic hydroxyl groups excluding tert-OH is 1. The average molecular weight is 418 g/mol. The fraction of sp³-hybridized carbons (Fsp3) is 0.312. The first-order chi connectivity index (χ1) is 11.8. The molecule has 1 aromatic carbocycles. The van der Waals surface area contributed by atoms with Crippen molar-refractivity contribution in [3.8, 4) is 5.95 Å². The zero-order valence-electron chi connectivity index (χ0n) is 14.2. The van der Waals surface area contributed by atoms with Gasteiger partial charge in [-0.05, 0) is 24.5 Å². The minimum absolute atomic E-state index is 0. The molecule has 0 radical (unpaired) electrons. The Morgan fingerprint density at radius 1 is 1.23 bits per heavy atom. The number of thioether (sulfide) groups is 1. The standard InChI is InChI=1S/C16H19N5O2S.2ClH/c1-24-12-2-3-14-13(10-12)15(18-5-8-23-9-7-22)20-16(19-14)21-6-4-17-11-21;;/h2-4,6,10-11,22H,5,7-9H2,1H3,(H,18,19,20);2*1H. The summed E-state index contributed by atoms with van der Waals surface area (Å²) in [6.45, 7) is 1.45. The Morgan fingerprint density at radius 2 is 2.08 bits per heavy atom. The van der Waals surface area contributed by atoms with E-state index in [0.29, 0.717) is 25.7 Å². The molecule has 0 spiro atoms.